The Morgan fingerprint density at radius 1 is 1.27 bits per heavy atom. The smallest absolute Gasteiger partial charge is 0.265 e. The minimum absolute atomic E-state index is 0.0404. The summed E-state index contributed by atoms with van der Waals surface area (Å²) in [5, 5.41) is 9.58. The predicted octanol–water partition coefficient (Wildman–Crippen LogP) is 2.78. The van der Waals surface area contributed by atoms with Gasteiger partial charge in [0.1, 0.15) is 16.5 Å². The number of anilines is 1. The van der Waals surface area contributed by atoms with Crippen molar-refractivity contribution in [2.45, 2.75) is 18.7 Å². The molecule has 1 N–H and O–H groups in total. The van der Waals surface area contributed by atoms with Gasteiger partial charge in [-0.2, -0.15) is 0 Å². The van der Waals surface area contributed by atoms with E-state index in [0.717, 1.165) is 22.8 Å². The average Bonchev–Trinajstić information content (AvgIpc) is 2.44. The maximum Gasteiger partial charge on any atom is 0.265 e. The summed E-state index contributed by atoms with van der Waals surface area (Å²) in [4.78, 5) is 3.37. The summed E-state index contributed by atoms with van der Waals surface area (Å²) in [5.74, 6) is -0.723. The molecule has 0 bridgehead atoms. The van der Waals surface area contributed by atoms with Crippen LogP contribution in [0.4, 0.5) is 10.1 Å². The highest BCUT2D eigenvalue weighted by Gasteiger charge is 2.26. The number of sulfonamides is 1. The van der Waals surface area contributed by atoms with E-state index < -0.39 is 15.8 Å². The van der Waals surface area contributed by atoms with Crippen LogP contribution < -0.4 is 4.31 Å². The van der Waals surface area contributed by atoms with E-state index in [2.05, 4.69) is 4.98 Å². The van der Waals surface area contributed by atoms with Crippen LogP contribution >= 0.6 is 0 Å². The van der Waals surface area contributed by atoms with Crippen molar-refractivity contribution < 1.29 is 17.9 Å². The minimum Gasteiger partial charge on any atom is -0.508 e. The number of pyridine rings is 1. The molecule has 0 fully saturated rings. The van der Waals surface area contributed by atoms with Crippen LogP contribution in [-0.4, -0.2) is 25.1 Å². The number of aromatic nitrogens is 1. The first-order valence-corrected chi connectivity index (χ1v) is 8.17. The number of hydrogen-bond donors (Lipinski definition) is 1. The van der Waals surface area contributed by atoms with Crippen molar-refractivity contribution in [2.75, 3.05) is 10.8 Å². The standard InChI is InChI=1S/C15H17FN2O3S/c1-11(2)10-18(13-4-3-5-14(19)7-13)22(20,21)15-6-12(16)8-17-9-15/h3-9,11,19H,10H2,1-2H3. The van der Waals surface area contributed by atoms with Crippen LogP contribution in [0.3, 0.4) is 0 Å². The van der Waals surface area contributed by atoms with Gasteiger partial charge in [0, 0.05) is 18.8 Å². The first-order chi connectivity index (χ1) is 10.3. The zero-order chi connectivity index (χ0) is 16.3. The van der Waals surface area contributed by atoms with Gasteiger partial charge in [-0.05, 0) is 24.1 Å². The normalized spacial score (nSPS) is 11.6. The third kappa shape index (κ3) is 3.54. The Balaban J connectivity index is 2.53. The Hall–Kier alpha value is -2.15. The van der Waals surface area contributed by atoms with E-state index in [1.165, 1.54) is 12.1 Å². The lowest BCUT2D eigenvalue weighted by Gasteiger charge is -2.26. The molecule has 0 saturated carbocycles. The molecule has 2 rings (SSSR count). The van der Waals surface area contributed by atoms with Gasteiger partial charge in [0.05, 0.1) is 11.9 Å². The second-order valence-corrected chi connectivity index (χ2v) is 7.15. The largest absolute Gasteiger partial charge is 0.508 e. The van der Waals surface area contributed by atoms with Gasteiger partial charge in [0.2, 0.25) is 0 Å². The Kier molecular flexibility index (Phi) is 4.65. The Morgan fingerprint density at radius 2 is 2.00 bits per heavy atom. The molecule has 118 valence electrons. The highest BCUT2D eigenvalue weighted by Crippen LogP contribution is 2.27. The molecule has 0 spiro atoms. The average molecular weight is 324 g/mol. The number of phenolic OH excluding ortho intramolecular Hbond substituents is 1. The molecule has 0 atom stereocenters. The van der Waals surface area contributed by atoms with Crippen LogP contribution in [0, 0.1) is 11.7 Å². The molecule has 0 unspecified atom stereocenters. The fourth-order valence-corrected chi connectivity index (χ4v) is 3.58. The molecule has 0 aliphatic rings. The summed E-state index contributed by atoms with van der Waals surface area (Å²) >= 11 is 0. The third-order valence-electron chi connectivity index (χ3n) is 2.92. The molecule has 1 aromatic carbocycles. The third-order valence-corrected chi connectivity index (χ3v) is 4.68. The SMILES string of the molecule is CC(C)CN(c1cccc(O)c1)S(=O)(=O)c1cncc(F)c1. The van der Waals surface area contributed by atoms with Gasteiger partial charge < -0.3 is 5.11 Å². The van der Waals surface area contributed by atoms with E-state index >= 15 is 0 Å². The van der Waals surface area contributed by atoms with Crippen molar-refractivity contribution in [3.63, 3.8) is 0 Å². The lowest BCUT2D eigenvalue weighted by Crippen LogP contribution is -2.34. The maximum absolute atomic E-state index is 13.3. The lowest BCUT2D eigenvalue weighted by atomic mass is 10.2. The molecule has 0 radical (unpaired) electrons. The molecule has 0 aliphatic heterocycles. The summed E-state index contributed by atoms with van der Waals surface area (Å²) in [6.45, 7) is 3.94. The van der Waals surface area contributed by atoms with E-state index in [9.17, 15) is 17.9 Å². The van der Waals surface area contributed by atoms with Crippen molar-refractivity contribution >= 4 is 15.7 Å². The highest BCUT2D eigenvalue weighted by molar-refractivity contribution is 7.92. The van der Waals surface area contributed by atoms with Gasteiger partial charge in [-0.3, -0.25) is 9.29 Å². The van der Waals surface area contributed by atoms with Crippen LogP contribution in [0.2, 0.25) is 0 Å². The lowest BCUT2D eigenvalue weighted by molar-refractivity contribution is 0.475. The fourth-order valence-electron chi connectivity index (χ4n) is 1.98. The predicted molar refractivity (Wildman–Crippen MR) is 81.7 cm³/mol. The number of nitrogens with zero attached hydrogens (tertiary/aromatic N) is 2. The van der Waals surface area contributed by atoms with Crippen LogP contribution in [0.1, 0.15) is 13.8 Å². The molecule has 5 nitrogen and oxygen atoms in total. The molecule has 2 aromatic rings. The molecule has 0 saturated heterocycles. The molecule has 7 heteroatoms. The fraction of sp³-hybridized carbons (Fsp3) is 0.267. The number of aromatic hydroxyl groups is 1. The molecule has 1 heterocycles. The van der Waals surface area contributed by atoms with Gasteiger partial charge in [-0.25, -0.2) is 12.8 Å². The molecule has 22 heavy (non-hydrogen) atoms. The summed E-state index contributed by atoms with van der Waals surface area (Å²) in [5.41, 5.74) is 0.318. The van der Waals surface area contributed by atoms with Crippen molar-refractivity contribution in [1.82, 2.24) is 4.98 Å². The number of hydrogen-bond acceptors (Lipinski definition) is 4. The minimum atomic E-state index is -3.97. The topological polar surface area (TPSA) is 70.5 Å². The van der Waals surface area contributed by atoms with Gasteiger partial charge in [-0.15, -0.1) is 0 Å². The van der Waals surface area contributed by atoms with E-state index in [1.807, 2.05) is 13.8 Å². The zero-order valence-corrected chi connectivity index (χ0v) is 13.1. The van der Waals surface area contributed by atoms with Crippen LogP contribution in [-0.2, 0) is 10.0 Å². The number of phenols is 1. The molecule has 0 amide bonds. The molecule has 1 aromatic heterocycles. The van der Waals surface area contributed by atoms with E-state index in [4.69, 9.17) is 0 Å². The number of halogens is 1. The maximum atomic E-state index is 13.3. The summed E-state index contributed by atoms with van der Waals surface area (Å²) in [6.07, 6.45) is 2.05. The summed E-state index contributed by atoms with van der Waals surface area (Å²) in [6, 6.07) is 6.86. The first-order valence-electron chi connectivity index (χ1n) is 6.73. The second kappa shape index (κ2) is 6.31. The Bertz CT molecular complexity index is 763. The number of benzene rings is 1. The van der Waals surface area contributed by atoms with Crippen molar-refractivity contribution in [1.29, 1.82) is 0 Å². The number of rotatable bonds is 5. The zero-order valence-electron chi connectivity index (χ0n) is 12.3. The first kappa shape index (κ1) is 16.2. The van der Waals surface area contributed by atoms with E-state index in [-0.39, 0.29) is 23.1 Å². The molecular formula is C15H17FN2O3S. The van der Waals surface area contributed by atoms with Gasteiger partial charge in [0.25, 0.3) is 10.0 Å². The van der Waals surface area contributed by atoms with Gasteiger partial charge in [-0.1, -0.05) is 19.9 Å². The molecular weight excluding hydrogens is 307 g/mol. The second-order valence-electron chi connectivity index (χ2n) is 5.29. The van der Waals surface area contributed by atoms with E-state index in [1.54, 1.807) is 12.1 Å². The molecule has 0 aliphatic carbocycles. The van der Waals surface area contributed by atoms with Crippen molar-refractivity contribution in [2.24, 2.45) is 5.92 Å². The van der Waals surface area contributed by atoms with Crippen molar-refractivity contribution in [3.05, 3.63) is 48.5 Å². The van der Waals surface area contributed by atoms with Gasteiger partial charge >= 0.3 is 0 Å². The Morgan fingerprint density at radius 3 is 2.59 bits per heavy atom. The van der Waals surface area contributed by atoms with Crippen LogP contribution in [0.5, 0.6) is 5.75 Å². The van der Waals surface area contributed by atoms with Crippen molar-refractivity contribution in [3.8, 4) is 5.75 Å². The Labute approximate surface area is 129 Å². The van der Waals surface area contributed by atoms with Crippen LogP contribution in [0.15, 0.2) is 47.6 Å². The highest BCUT2D eigenvalue weighted by atomic mass is 32.2. The van der Waals surface area contributed by atoms with Gasteiger partial charge in [0.15, 0.2) is 0 Å². The monoisotopic (exact) mass is 324 g/mol. The quantitative estimate of drug-likeness (QED) is 0.918. The van der Waals surface area contributed by atoms with Crippen LogP contribution in [0.25, 0.3) is 0 Å². The summed E-state index contributed by atoms with van der Waals surface area (Å²) < 4.78 is 40.0. The summed E-state index contributed by atoms with van der Waals surface area (Å²) in [7, 11) is -3.97. The van der Waals surface area contributed by atoms with E-state index in [0.29, 0.717) is 5.69 Å².